The highest BCUT2D eigenvalue weighted by atomic mass is 16.3. The van der Waals surface area contributed by atoms with Crippen molar-refractivity contribution in [2.75, 3.05) is 4.90 Å². The third-order valence-corrected chi connectivity index (χ3v) is 4.37. The van der Waals surface area contributed by atoms with Gasteiger partial charge in [0, 0.05) is 24.3 Å². The quantitative estimate of drug-likeness (QED) is 0.835. The van der Waals surface area contributed by atoms with Gasteiger partial charge < -0.3 is 15.1 Å². The summed E-state index contributed by atoms with van der Waals surface area (Å²) in [6, 6.07) is 5.43. The fourth-order valence-corrected chi connectivity index (χ4v) is 3.65. The summed E-state index contributed by atoms with van der Waals surface area (Å²) in [4.78, 5) is 7.08. The highest BCUT2D eigenvalue weighted by molar-refractivity contribution is 5.88. The molecule has 18 heavy (non-hydrogen) atoms. The van der Waals surface area contributed by atoms with Gasteiger partial charge in [0.1, 0.15) is 11.4 Å². The van der Waals surface area contributed by atoms with E-state index in [1.807, 2.05) is 18.3 Å². The lowest BCUT2D eigenvalue weighted by Crippen LogP contribution is -2.47. The lowest BCUT2D eigenvalue weighted by molar-refractivity contribution is 0.413. The number of hydrogen-bond acceptors (Lipinski definition) is 4. The molecule has 0 amide bonds. The molecular weight excluding hydrogens is 226 g/mol. The van der Waals surface area contributed by atoms with Crippen molar-refractivity contribution in [3.05, 3.63) is 24.6 Å². The molecule has 2 saturated heterocycles. The lowest BCUT2D eigenvalue weighted by Gasteiger charge is -2.38. The van der Waals surface area contributed by atoms with E-state index in [4.69, 9.17) is 10.2 Å². The zero-order valence-corrected chi connectivity index (χ0v) is 10.2. The van der Waals surface area contributed by atoms with Gasteiger partial charge in [0.25, 0.3) is 0 Å². The largest absolute Gasteiger partial charge is 0.464 e. The van der Waals surface area contributed by atoms with Crippen molar-refractivity contribution in [3.8, 4) is 0 Å². The number of fused-ring (bicyclic) bond motifs is 3. The van der Waals surface area contributed by atoms with Crippen molar-refractivity contribution in [1.29, 1.82) is 0 Å². The Balaban J connectivity index is 1.81. The number of aromatic nitrogens is 1. The van der Waals surface area contributed by atoms with E-state index in [1.54, 1.807) is 6.26 Å². The number of nitrogens with two attached hydrogens (primary N) is 1. The zero-order valence-electron chi connectivity index (χ0n) is 10.2. The van der Waals surface area contributed by atoms with Gasteiger partial charge in [-0.3, -0.25) is 0 Å². The Labute approximate surface area is 106 Å². The number of pyridine rings is 1. The summed E-state index contributed by atoms with van der Waals surface area (Å²) >= 11 is 0. The fourth-order valence-electron chi connectivity index (χ4n) is 3.65. The first kappa shape index (κ1) is 10.4. The van der Waals surface area contributed by atoms with E-state index in [0.717, 1.165) is 29.6 Å². The van der Waals surface area contributed by atoms with Gasteiger partial charge in [-0.15, -0.1) is 0 Å². The first-order chi connectivity index (χ1) is 8.83. The van der Waals surface area contributed by atoms with Gasteiger partial charge in [-0.1, -0.05) is 0 Å². The molecule has 2 bridgehead atoms. The summed E-state index contributed by atoms with van der Waals surface area (Å²) < 4.78 is 5.47. The average molecular weight is 243 g/mol. The van der Waals surface area contributed by atoms with E-state index in [0.29, 0.717) is 18.1 Å². The maximum absolute atomic E-state index is 6.12. The first-order valence-corrected chi connectivity index (χ1v) is 6.69. The van der Waals surface area contributed by atoms with Crippen molar-refractivity contribution in [2.24, 2.45) is 5.73 Å². The maximum atomic E-state index is 6.12. The average Bonchev–Trinajstić information content (AvgIpc) is 2.92. The summed E-state index contributed by atoms with van der Waals surface area (Å²) in [6.45, 7) is 0. The van der Waals surface area contributed by atoms with Crippen LogP contribution in [0.4, 0.5) is 5.82 Å². The molecule has 2 fully saturated rings. The Morgan fingerprint density at radius 1 is 1.22 bits per heavy atom. The molecule has 2 aromatic heterocycles. The van der Waals surface area contributed by atoms with Crippen LogP contribution in [0.1, 0.15) is 25.7 Å². The number of nitrogens with zero attached hydrogens (tertiary/aromatic N) is 2. The molecule has 0 aromatic carbocycles. The number of furan rings is 1. The van der Waals surface area contributed by atoms with E-state index in [-0.39, 0.29) is 0 Å². The molecule has 0 spiro atoms. The molecule has 2 aliphatic heterocycles. The molecule has 4 heteroatoms. The van der Waals surface area contributed by atoms with E-state index in [9.17, 15) is 0 Å². The van der Waals surface area contributed by atoms with Gasteiger partial charge in [0.05, 0.1) is 11.6 Å². The molecule has 2 atom stereocenters. The van der Waals surface area contributed by atoms with Crippen molar-refractivity contribution >= 4 is 16.8 Å². The van der Waals surface area contributed by atoms with Crippen molar-refractivity contribution in [1.82, 2.24) is 4.98 Å². The van der Waals surface area contributed by atoms with E-state index in [2.05, 4.69) is 9.88 Å². The van der Waals surface area contributed by atoms with E-state index >= 15 is 0 Å². The molecule has 0 radical (unpaired) electrons. The molecule has 2 unspecified atom stereocenters. The van der Waals surface area contributed by atoms with Crippen LogP contribution in [0.15, 0.2) is 29.0 Å². The van der Waals surface area contributed by atoms with Crippen LogP contribution in [0.5, 0.6) is 0 Å². The second kappa shape index (κ2) is 3.72. The molecule has 0 aliphatic carbocycles. The van der Waals surface area contributed by atoms with Gasteiger partial charge in [0.2, 0.25) is 0 Å². The Kier molecular flexibility index (Phi) is 2.14. The molecule has 4 rings (SSSR count). The van der Waals surface area contributed by atoms with Gasteiger partial charge in [-0.05, 0) is 37.8 Å². The van der Waals surface area contributed by atoms with Crippen LogP contribution in [-0.2, 0) is 0 Å². The second-order valence-corrected chi connectivity index (χ2v) is 5.49. The molecule has 4 nitrogen and oxygen atoms in total. The normalized spacial score (nSPS) is 31.2. The van der Waals surface area contributed by atoms with Crippen LogP contribution in [-0.4, -0.2) is 23.1 Å². The summed E-state index contributed by atoms with van der Waals surface area (Å²) in [7, 11) is 0. The maximum Gasteiger partial charge on any atom is 0.140 e. The molecule has 2 N–H and O–H groups in total. The molecule has 4 heterocycles. The SMILES string of the molecule is NC1CC2CCC(C1)N2c1nccc2occc12. The van der Waals surface area contributed by atoms with Crippen molar-refractivity contribution in [3.63, 3.8) is 0 Å². The van der Waals surface area contributed by atoms with Crippen LogP contribution in [0.25, 0.3) is 11.0 Å². The Morgan fingerprint density at radius 2 is 2.00 bits per heavy atom. The summed E-state index contributed by atoms with van der Waals surface area (Å²) in [5, 5.41) is 1.13. The Morgan fingerprint density at radius 3 is 2.78 bits per heavy atom. The predicted molar refractivity (Wildman–Crippen MR) is 70.5 cm³/mol. The summed E-state index contributed by atoms with van der Waals surface area (Å²) in [5.74, 6) is 1.08. The van der Waals surface area contributed by atoms with Crippen LogP contribution in [0.3, 0.4) is 0 Å². The van der Waals surface area contributed by atoms with Gasteiger partial charge in [-0.25, -0.2) is 4.98 Å². The van der Waals surface area contributed by atoms with Crippen LogP contribution >= 0.6 is 0 Å². The molecule has 2 aromatic rings. The monoisotopic (exact) mass is 243 g/mol. The summed E-state index contributed by atoms with van der Waals surface area (Å²) in [6.07, 6.45) is 8.25. The minimum absolute atomic E-state index is 0.363. The molecule has 94 valence electrons. The number of anilines is 1. The van der Waals surface area contributed by atoms with Crippen molar-refractivity contribution < 1.29 is 4.42 Å². The van der Waals surface area contributed by atoms with Gasteiger partial charge >= 0.3 is 0 Å². The second-order valence-electron chi connectivity index (χ2n) is 5.49. The van der Waals surface area contributed by atoms with Gasteiger partial charge in [0.15, 0.2) is 0 Å². The first-order valence-electron chi connectivity index (χ1n) is 6.69. The van der Waals surface area contributed by atoms with Crippen LogP contribution in [0.2, 0.25) is 0 Å². The smallest absolute Gasteiger partial charge is 0.140 e. The Hall–Kier alpha value is -1.55. The standard InChI is InChI=1S/C14H17N3O/c15-9-7-10-1-2-11(8-9)17(10)14-12-4-6-18-13(12)3-5-16-14/h3-6,9-11H,1-2,7-8,15H2. The lowest BCUT2D eigenvalue weighted by atomic mass is 9.98. The predicted octanol–water partition coefficient (Wildman–Crippen LogP) is 2.29. The summed E-state index contributed by atoms with van der Waals surface area (Å²) in [5.41, 5.74) is 7.05. The third kappa shape index (κ3) is 1.38. The number of hydrogen-bond donors (Lipinski definition) is 1. The topological polar surface area (TPSA) is 55.3 Å². The van der Waals surface area contributed by atoms with E-state index in [1.165, 1.54) is 12.8 Å². The van der Waals surface area contributed by atoms with Crippen LogP contribution < -0.4 is 10.6 Å². The number of rotatable bonds is 1. The van der Waals surface area contributed by atoms with Crippen molar-refractivity contribution in [2.45, 2.75) is 43.8 Å². The molecular formula is C14H17N3O. The molecule has 0 saturated carbocycles. The minimum Gasteiger partial charge on any atom is -0.464 e. The molecule has 2 aliphatic rings. The third-order valence-electron chi connectivity index (χ3n) is 4.37. The Bertz CT molecular complexity index is 565. The van der Waals surface area contributed by atoms with Crippen LogP contribution in [0, 0.1) is 0 Å². The number of piperidine rings is 1. The highest BCUT2D eigenvalue weighted by Crippen LogP contribution is 2.40. The zero-order chi connectivity index (χ0) is 12.1. The highest BCUT2D eigenvalue weighted by Gasteiger charge is 2.40. The minimum atomic E-state index is 0.363. The van der Waals surface area contributed by atoms with E-state index < -0.39 is 0 Å². The fraction of sp³-hybridized carbons (Fsp3) is 0.500. The van der Waals surface area contributed by atoms with Gasteiger partial charge in [-0.2, -0.15) is 0 Å².